The van der Waals surface area contributed by atoms with E-state index in [1.807, 2.05) is 39.8 Å². The summed E-state index contributed by atoms with van der Waals surface area (Å²) in [6, 6.07) is 3.78. The second-order valence-corrected chi connectivity index (χ2v) is 6.32. The van der Waals surface area contributed by atoms with E-state index < -0.39 is 0 Å². The van der Waals surface area contributed by atoms with Crippen LogP contribution in [0.3, 0.4) is 0 Å². The lowest BCUT2D eigenvalue weighted by Crippen LogP contribution is -2.17. The first-order chi connectivity index (χ1) is 9.90. The van der Waals surface area contributed by atoms with Crippen molar-refractivity contribution in [2.24, 2.45) is 0 Å². The molecule has 0 spiro atoms. The molecule has 1 aromatic rings. The summed E-state index contributed by atoms with van der Waals surface area (Å²) in [6.45, 7) is 10.4. The van der Waals surface area contributed by atoms with Crippen molar-refractivity contribution in [3.63, 3.8) is 0 Å². The van der Waals surface area contributed by atoms with Crippen molar-refractivity contribution < 1.29 is 9.47 Å². The molecule has 0 aliphatic rings. The zero-order chi connectivity index (χ0) is 15.8. The summed E-state index contributed by atoms with van der Waals surface area (Å²) >= 11 is 12.4. The van der Waals surface area contributed by atoms with Crippen molar-refractivity contribution in [2.75, 3.05) is 13.2 Å². The first-order valence-corrected chi connectivity index (χ1v) is 8.12. The number of hydrogen-bond donors (Lipinski definition) is 1. The highest BCUT2D eigenvalue weighted by molar-refractivity contribution is 6.37. The number of nitrogens with one attached hydrogen (secondary N) is 1. The van der Waals surface area contributed by atoms with E-state index in [1.165, 1.54) is 0 Å². The molecule has 0 atom stereocenters. The predicted molar refractivity (Wildman–Crippen MR) is 89.6 cm³/mol. The molecule has 21 heavy (non-hydrogen) atoms. The van der Waals surface area contributed by atoms with Gasteiger partial charge < -0.3 is 14.8 Å². The molecule has 3 nitrogen and oxygen atoms in total. The van der Waals surface area contributed by atoms with Gasteiger partial charge in [0.15, 0.2) is 5.75 Å². The van der Waals surface area contributed by atoms with Crippen LogP contribution in [0.4, 0.5) is 0 Å². The Morgan fingerprint density at radius 1 is 1.05 bits per heavy atom. The molecule has 0 saturated heterocycles. The summed E-state index contributed by atoms with van der Waals surface area (Å²) in [7, 11) is 0. The van der Waals surface area contributed by atoms with Crippen LogP contribution in [-0.4, -0.2) is 25.4 Å². The average Bonchev–Trinajstić information content (AvgIpc) is 2.37. The first kappa shape index (κ1) is 18.6. The van der Waals surface area contributed by atoms with Crippen LogP contribution in [0.2, 0.25) is 10.0 Å². The van der Waals surface area contributed by atoms with Gasteiger partial charge in [0.25, 0.3) is 0 Å². The molecule has 0 unspecified atom stereocenters. The van der Waals surface area contributed by atoms with Gasteiger partial charge in [0.1, 0.15) is 0 Å². The monoisotopic (exact) mass is 333 g/mol. The molecule has 0 aromatic heterocycles. The molecular formula is C16H25Cl2NO2. The van der Waals surface area contributed by atoms with Crippen molar-refractivity contribution >= 4 is 23.2 Å². The minimum atomic E-state index is 0.0462. The maximum Gasteiger partial charge on any atom is 0.156 e. The van der Waals surface area contributed by atoms with Gasteiger partial charge in [-0.1, -0.05) is 23.2 Å². The van der Waals surface area contributed by atoms with Gasteiger partial charge in [-0.15, -0.1) is 0 Å². The van der Waals surface area contributed by atoms with Crippen LogP contribution < -0.4 is 10.1 Å². The molecule has 0 aliphatic carbocycles. The molecular weight excluding hydrogens is 309 g/mol. The van der Waals surface area contributed by atoms with Crippen molar-refractivity contribution in [2.45, 2.75) is 52.9 Å². The summed E-state index contributed by atoms with van der Waals surface area (Å²) in [4.78, 5) is 0. The summed E-state index contributed by atoms with van der Waals surface area (Å²) in [6.07, 6.45) is 1.31. The quantitative estimate of drug-likeness (QED) is 0.665. The van der Waals surface area contributed by atoms with E-state index in [-0.39, 0.29) is 12.2 Å². The normalized spacial score (nSPS) is 11.4. The third kappa shape index (κ3) is 7.37. The molecule has 1 N–H and O–H groups in total. The van der Waals surface area contributed by atoms with Crippen LogP contribution in [0, 0.1) is 0 Å². The van der Waals surface area contributed by atoms with Crippen LogP contribution in [0.15, 0.2) is 12.1 Å². The fraction of sp³-hybridized carbons (Fsp3) is 0.625. The molecule has 0 bridgehead atoms. The summed E-state index contributed by atoms with van der Waals surface area (Å²) in [5, 5.41) is 4.46. The lowest BCUT2D eigenvalue weighted by Gasteiger charge is -2.14. The molecule has 1 rings (SSSR count). The Morgan fingerprint density at radius 2 is 1.67 bits per heavy atom. The molecule has 0 radical (unpaired) electrons. The van der Waals surface area contributed by atoms with E-state index in [0.29, 0.717) is 15.8 Å². The van der Waals surface area contributed by atoms with E-state index in [0.717, 1.165) is 31.7 Å². The molecule has 120 valence electrons. The molecule has 0 amide bonds. The van der Waals surface area contributed by atoms with Gasteiger partial charge >= 0.3 is 0 Å². The summed E-state index contributed by atoms with van der Waals surface area (Å²) in [5.41, 5.74) is 1.05. The Bertz CT molecular complexity index is 413. The average molecular weight is 334 g/mol. The minimum absolute atomic E-state index is 0.0462. The third-order valence-corrected chi connectivity index (χ3v) is 3.25. The third-order valence-electron chi connectivity index (χ3n) is 2.69. The highest BCUT2D eigenvalue weighted by Gasteiger charge is 2.11. The van der Waals surface area contributed by atoms with Crippen LogP contribution >= 0.6 is 23.2 Å². The lowest BCUT2D eigenvalue weighted by atomic mass is 10.2. The minimum Gasteiger partial charge on any atom is -0.488 e. The van der Waals surface area contributed by atoms with Crippen LogP contribution in [-0.2, 0) is 11.3 Å². The molecule has 0 aliphatic heterocycles. The van der Waals surface area contributed by atoms with Gasteiger partial charge in [-0.2, -0.15) is 0 Å². The zero-order valence-corrected chi connectivity index (χ0v) is 14.7. The van der Waals surface area contributed by atoms with Gasteiger partial charge in [0, 0.05) is 13.2 Å². The lowest BCUT2D eigenvalue weighted by molar-refractivity contribution is 0.0770. The predicted octanol–water partition coefficient (Wildman–Crippen LogP) is 4.69. The maximum absolute atomic E-state index is 6.22. The molecule has 0 heterocycles. The first-order valence-electron chi connectivity index (χ1n) is 7.37. The van der Waals surface area contributed by atoms with Gasteiger partial charge in [0.2, 0.25) is 0 Å². The zero-order valence-electron chi connectivity index (χ0n) is 13.2. The smallest absolute Gasteiger partial charge is 0.156 e. The Balaban J connectivity index is 2.43. The highest BCUT2D eigenvalue weighted by atomic mass is 35.5. The molecule has 0 fully saturated rings. The van der Waals surface area contributed by atoms with Gasteiger partial charge in [-0.05, 0) is 58.4 Å². The number of hydrogen-bond acceptors (Lipinski definition) is 3. The Morgan fingerprint density at radius 3 is 2.19 bits per heavy atom. The highest BCUT2D eigenvalue weighted by Crippen LogP contribution is 2.34. The number of ether oxygens (including phenoxy) is 2. The number of halogens is 2. The van der Waals surface area contributed by atoms with Crippen LogP contribution in [0.25, 0.3) is 0 Å². The van der Waals surface area contributed by atoms with Gasteiger partial charge in [-0.25, -0.2) is 0 Å². The van der Waals surface area contributed by atoms with E-state index in [9.17, 15) is 0 Å². The fourth-order valence-electron chi connectivity index (χ4n) is 1.81. The van der Waals surface area contributed by atoms with Gasteiger partial charge in [-0.3, -0.25) is 0 Å². The topological polar surface area (TPSA) is 30.5 Å². The maximum atomic E-state index is 6.22. The standard InChI is InChI=1S/C16H25Cl2NO2/c1-11(2)20-7-5-6-19-10-13-8-14(17)16(15(18)9-13)21-12(3)4/h8-9,11-12,19H,5-7,10H2,1-4H3. The molecule has 0 saturated carbocycles. The summed E-state index contributed by atoms with van der Waals surface area (Å²) in [5.74, 6) is 0.558. The van der Waals surface area contributed by atoms with Crippen LogP contribution in [0.5, 0.6) is 5.75 Å². The molecule has 1 aromatic carbocycles. The summed E-state index contributed by atoms with van der Waals surface area (Å²) < 4.78 is 11.1. The van der Waals surface area contributed by atoms with Crippen LogP contribution in [0.1, 0.15) is 39.7 Å². The van der Waals surface area contributed by atoms with E-state index >= 15 is 0 Å². The van der Waals surface area contributed by atoms with E-state index in [4.69, 9.17) is 32.7 Å². The Kier molecular flexibility index (Phi) is 8.42. The van der Waals surface area contributed by atoms with Crippen molar-refractivity contribution in [1.82, 2.24) is 5.32 Å². The number of rotatable bonds is 9. The SMILES string of the molecule is CC(C)OCCCNCc1cc(Cl)c(OC(C)C)c(Cl)c1. The van der Waals surface area contributed by atoms with Crippen molar-refractivity contribution in [3.05, 3.63) is 27.7 Å². The van der Waals surface area contributed by atoms with Gasteiger partial charge in [0.05, 0.1) is 22.3 Å². The van der Waals surface area contributed by atoms with E-state index in [1.54, 1.807) is 0 Å². The second kappa shape index (κ2) is 9.52. The fourth-order valence-corrected chi connectivity index (χ4v) is 2.43. The largest absolute Gasteiger partial charge is 0.488 e. The van der Waals surface area contributed by atoms with E-state index in [2.05, 4.69) is 5.32 Å². The second-order valence-electron chi connectivity index (χ2n) is 5.51. The Labute approximate surface area is 137 Å². The molecule has 5 heteroatoms. The number of benzene rings is 1. The van der Waals surface area contributed by atoms with Crippen molar-refractivity contribution in [1.29, 1.82) is 0 Å². The van der Waals surface area contributed by atoms with Crippen molar-refractivity contribution in [3.8, 4) is 5.75 Å². The Hall–Kier alpha value is -0.480.